The second-order valence-corrected chi connectivity index (χ2v) is 8.05. The van der Waals surface area contributed by atoms with Gasteiger partial charge in [0.2, 0.25) is 0 Å². The minimum Gasteiger partial charge on any atom is -0.488 e. The van der Waals surface area contributed by atoms with Gasteiger partial charge in [-0.2, -0.15) is 13.2 Å². The molecule has 2 aromatic carbocycles. The molecule has 31 heavy (non-hydrogen) atoms. The first-order valence-electron chi connectivity index (χ1n) is 9.27. The maximum absolute atomic E-state index is 14.4. The Kier molecular flexibility index (Phi) is 5.58. The van der Waals surface area contributed by atoms with E-state index >= 15 is 0 Å². The fraction of sp³-hybridized carbons (Fsp3) is 0.174. The van der Waals surface area contributed by atoms with Crippen molar-refractivity contribution in [1.82, 2.24) is 0 Å². The van der Waals surface area contributed by atoms with Crippen molar-refractivity contribution >= 4 is 23.7 Å². The first kappa shape index (κ1) is 21.1. The van der Waals surface area contributed by atoms with Gasteiger partial charge in [0.25, 0.3) is 0 Å². The Labute approximate surface area is 179 Å². The van der Waals surface area contributed by atoms with Crippen LogP contribution in [0.4, 0.5) is 17.6 Å². The molecule has 0 atom stereocenters. The van der Waals surface area contributed by atoms with Gasteiger partial charge >= 0.3 is 6.18 Å². The minimum atomic E-state index is -4.51. The van der Waals surface area contributed by atoms with E-state index in [9.17, 15) is 22.4 Å². The van der Waals surface area contributed by atoms with Crippen molar-refractivity contribution in [3.05, 3.63) is 74.7 Å². The molecule has 4 rings (SSSR count). The number of carbonyl (C=O) groups is 1. The van der Waals surface area contributed by atoms with Crippen LogP contribution < -0.4 is 9.47 Å². The Hall–Kier alpha value is -3.13. The lowest BCUT2D eigenvalue weighted by Crippen LogP contribution is -2.09. The molecular formula is C23H16F4O3S. The number of fused-ring (bicyclic) bond motifs is 1. The molecule has 1 aliphatic rings. The third-order valence-corrected chi connectivity index (χ3v) is 6.19. The van der Waals surface area contributed by atoms with Crippen molar-refractivity contribution < 1.29 is 31.8 Å². The molecule has 0 aliphatic carbocycles. The van der Waals surface area contributed by atoms with Gasteiger partial charge in [0.05, 0.1) is 5.56 Å². The highest BCUT2D eigenvalue weighted by Crippen LogP contribution is 2.45. The van der Waals surface area contributed by atoms with E-state index in [-0.39, 0.29) is 35.8 Å². The Morgan fingerprint density at radius 2 is 1.94 bits per heavy atom. The fourth-order valence-electron chi connectivity index (χ4n) is 3.37. The standard InChI is InChI=1S/C23H16F4O3S/c1-13-20(31-22(23(25,26)27)21(13)15-5-3-2-4-6-15)12-29-16-8-18(24)17-7-14(10-28)11-30-19(17)9-16/h2-10H,11-12H2,1H3. The van der Waals surface area contributed by atoms with E-state index in [1.807, 2.05) is 0 Å². The van der Waals surface area contributed by atoms with Gasteiger partial charge in [0, 0.05) is 28.1 Å². The van der Waals surface area contributed by atoms with Crippen molar-refractivity contribution in [1.29, 1.82) is 0 Å². The molecule has 0 unspecified atom stereocenters. The van der Waals surface area contributed by atoms with Crippen LogP contribution in [0.5, 0.6) is 11.5 Å². The molecule has 0 bridgehead atoms. The monoisotopic (exact) mass is 448 g/mol. The zero-order valence-corrected chi connectivity index (χ0v) is 17.1. The summed E-state index contributed by atoms with van der Waals surface area (Å²) in [5.41, 5.74) is 1.52. The van der Waals surface area contributed by atoms with E-state index in [0.717, 1.165) is 6.07 Å². The summed E-state index contributed by atoms with van der Waals surface area (Å²) in [6.45, 7) is 1.48. The molecule has 0 N–H and O–H groups in total. The largest absolute Gasteiger partial charge is 0.488 e. The number of carbonyl (C=O) groups excluding carboxylic acids is 1. The van der Waals surface area contributed by atoms with Crippen LogP contribution in [0.25, 0.3) is 17.2 Å². The first-order chi connectivity index (χ1) is 14.8. The average Bonchev–Trinajstić information content (AvgIpc) is 3.09. The average molecular weight is 448 g/mol. The Balaban J connectivity index is 1.64. The van der Waals surface area contributed by atoms with Gasteiger partial charge in [-0.15, -0.1) is 11.3 Å². The topological polar surface area (TPSA) is 35.5 Å². The molecule has 3 nitrogen and oxygen atoms in total. The van der Waals surface area contributed by atoms with Crippen molar-refractivity contribution in [2.75, 3.05) is 6.61 Å². The third-order valence-electron chi connectivity index (χ3n) is 4.88. The Morgan fingerprint density at radius 1 is 1.19 bits per heavy atom. The second-order valence-electron chi connectivity index (χ2n) is 6.95. The highest BCUT2D eigenvalue weighted by molar-refractivity contribution is 7.12. The SMILES string of the molecule is Cc1c(COc2cc(F)c3c(c2)OCC(C=O)=C3)sc(C(F)(F)F)c1-c1ccccc1. The molecule has 0 saturated carbocycles. The van der Waals surface area contributed by atoms with Crippen LogP contribution >= 0.6 is 11.3 Å². The number of aldehydes is 1. The normalized spacial score (nSPS) is 13.3. The molecule has 2 heterocycles. The maximum Gasteiger partial charge on any atom is 0.426 e. The van der Waals surface area contributed by atoms with Crippen molar-refractivity contribution in [3.63, 3.8) is 0 Å². The minimum absolute atomic E-state index is 0.0127. The number of rotatable bonds is 5. The summed E-state index contributed by atoms with van der Waals surface area (Å²) in [5.74, 6) is -0.304. The number of benzene rings is 2. The van der Waals surface area contributed by atoms with Crippen molar-refractivity contribution in [2.24, 2.45) is 0 Å². The molecule has 3 aromatic rings. The van der Waals surface area contributed by atoms with Crippen LogP contribution in [0.2, 0.25) is 0 Å². The molecular weight excluding hydrogens is 432 g/mol. The molecule has 160 valence electrons. The van der Waals surface area contributed by atoms with E-state index in [1.54, 1.807) is 37.3 Å². The predicted octanol–water partition coefficient (Wildman–Crippen LogP) is 6.44. The van der Waals surface area contributed by atoms with Crippen LogP contribution in [-0.2, 0) is 17.6 Å². The Bertz CT molecular complexity index is 1160. The number of halogens is 4. The van der Waals surface area contributed by atoms with Gasteiger partial charge in [0.15, 0.2) is 0 Å². The van der Waals surface area contributed by atoms with Crippen LogP contribution in [-0.4, -0.2) is 12.9 Å². The van der Waals surface area contributed by atoms with E-state index in [4.69, 9.17) is 9.47 Å². The quantitative estimate of drug-likeness (QED) is 0.333. The number of ether oxygens (including phenoxy) is 2. The van der Waals surface area contributed by atoms with Crippen molar-refractivity contribution in [3.8, 4) is 22.6 Å². The highest BCUT2D eigenvalue weighted by atomic mass is 32.1. The first-order valence-corrected chi connectivity index (χ1v) is 10.1. The van der Waals surface area contributed by atoms with E-state index in [1.165, 1.54) is 12.1 Å². The van der Waals surface area contributed by atoms with E-state index in [0.29, 0.717) is 39.2 Å². The van der Waals surface area contributed by atoms with Crippen LogP contribution in [0.3, 0.4) is 0 Å². The summed E-state index contributed by atoms with van der Waals surface area (Å²) < 4.78 is 66.4. The van der Waals surface area contributed by atoms with Crippen LogP contribution in [0, 0.1) is 12.7 Å². The van der Waals surface area contributed by atoms with Crippen LogP contribution in [0.15, 0.2) is 48.0 Å². The molecule has 1 aromatic heterocycles. The number of hydrogen-bond donors (Lipinski definition) is 0. The lowest BCUT2D eigenvalue weighted by Gasteiger charge is -2.17. The summed E-state index contributed by atoms with van der Waals surface area (Å²) >= 11 is 0.620. The molecule has 8 heteroatoms. The predicted molar refractivity (Wildman–Crippen MR) is 110 cm³/mol. The number of alkyl halides is 3. The second kappa shape index (κ2) is 8.19. The zero-order chi connectivity index (χ0) is 22.2. The fourth-order valence-corrected chi connectivity index (χ4v) is 4.48. The summed E-state index contributed by atoms with van der Waals surface area (Å²) in [6.07, 6.45) is -2.52. The van der Waals surface area contributed by atoms with Gasteiger partial charge in [-0.3, -0.25) is 4.79 Å². The van der Waals surface area contributed by atoms with E-state index in [2.05, 4.69) is 0 Å². The Morgan fingerprint density at radius 3 is 2.61 bits per heavy atom. The van der Waals surface area contributed by atoms with Crippen LogP contribution in [0.1, 0.15) is 20.9 Å². The smallest absolute Gasteiger partial charge is 0.426 e. The highest BCUT2D eigenvalue weighted by Gasteiger charge is 2.37. The summed E-state index contributed by atoms with van der Waals surface area (Å²) in [6, 6.07) is 11.0. The molecule has 0 amide bonds. The summed E-state index contributed by atoms with van der Waals surface area (Å²) in [7, 11) is 0. The van der Waals surface area contributed by atoms with Gasteiger partial charge in [-0.1, -0.05) is 30.3 Å². The lowest BCUT2D eigenvalue weighted by molar-refractivity contribution is -0.133. The summed E-state index contributed by atoms with van der Waals surface area (Å²) in [4.78, 5) is 10.6. The molecule has 0 spiro atoms. The van der Waals surface area contributed by atoms with Gasteiger partial charge < -0.3 is 9.47 Å². The summed E-state index contributed by atoms with van der Waals surface area (Å²) in [5, 5.41) is 0. The van der Waals surface area contributed by atoms with Gasteiger partial charge in [0.1, 0.15) is 41.7 Å². The number of hydrogen-bond acceptors (Lipinski definition) is 4. The maximum atomic E-state index is 14.4. The van der Waals surface area contributed by atoms with Gasteiger partial charge in [-0.05, 0) is 24.1 Å². The third kappa shape index (κ3) is 4.20. The zero-order valence-electron chi connectivity index (χ0n) is 16.3. The van der Waals surface area contributed by atoms with E-state index < -0.39 is 16.9 Å². The molecule has 0 saturated heterocycles. The van der Waals surface area contributed by atoms with Gasteiger partial charge in [-0.25, -0.2) is 4.39 Å². The lowest BCUT2D eigenvalue weighted by atomic mass is 10.0. The van der Waals surface area contributed by atoms with Crippen molar-refractivity contribution in [2.45, 2.75) is 19.7 Å². The molecule has 0 radical (unpaired) electrons. The number of thiophene rings is 1. The molecule has 0 fully saturated rings. The molecule has 1 aliphatic heterocycles.